The fourth-order valence-corrected chi connectivity index (χ4v) is 4.48. The Morgan fingerprint density at radius 2 is 1.69 bits per heavy atom. The second-order valence-corrected chi connectivity index (χ2v) is 7.61. The minimum atomic E-state index is -0.230. The average molecular weight is 404 g/mol. The molecular formula is C23H20N2O3S. The van der Waals surface area contributed by atoms with Gasteiger partial charge in [0.25, 0.3) is 5.91 Å². The predicted molar refractivity (Wildman–Crippen MR) is 117 cm³/mol. The topological polar surface area (TPSA) is 58.6 Å². The highest BCUT2D eigenvalue weighted by molar-refractivity contribution is 8.00. The molecule has 1 aliphatic rings. The summed E-state index contributed by atoms with van der Waals surface area (Å²) in [5, 5.41) is 2.82. The number of rotatable bonds is 5. The molecule has 5 nitrogen and oxygen atoms in total. The Balaban J connectivity index is 1.52. The first-order valence-electron chi connectivity index (χ1n) is 9.20. The van der Waals surface area contributed by atoms with Crippen LogP contribution in [0.1, 0.15) is 21.3 Å². The van der Waals surface area contributed by atoms with Crippen LogP contribution in [0.3, 0.4) is 0 Å². The number of nitrogens with zero attached hydrogens (tertiary/aromatic N) is 1. The highest BCUT2D eigenvalue weighted by atomic mass is 32.2. The Hall–Kier alpha value is -3.25. The number of hydrogen-bond donors (Lipinski definition) is 1. The van der Waals surface area contributed by atoms with Crippen LogP contribution in [0, 0.1) is 0 Å². The van der Waals surface area contributed by atoms with Crippen molar-refractivity contribution in [3.63, 3.8) is 0 Å². The first kappa shape index (κ1) is 19.1. The Bertz CT molecular complexity index is 1020. The van der Waals surface area contributed by atoms with Gasteiger partial charge in [0.2, 0.25) is 5.91 Å². The van der Waals surface area contributed by atoms with E-state index < -0.39 is 0 Å². The summed E-state index contributed by atoms with van der Waals surface area (Å²) in [5.74, 6) is 0.846. The van der Waals surface area contributed by atoms with Crippen LogP contribution >= 0.6 is 11.8 Å². The van der Waals surface area contributed by atoms with Crippen molar-refractivity contribution in [3.05, 3.63) is 90.0 Å². The lowest BCUT2D eigenvalue weighted by atomic mass is 10.1. The van der Waals surface area contributed by atoms with Crippen LogP contribution in [0.4, 0.5) is 11.4 Å². The molecule has 1 fully saturated rings. The van der Waals surface area contributed by atoms with E-state index in [1.165, 1.54) is 0 Å². The summed E-state index contributed by atoms with van der Waals surface area (Å²) in [6.45, 7) is 0. The predicted octanol–water partition coefficient (Wildman–Crippen LogP) is 4.73. The number of methoxy groups -OCH3 is 1. The largest absolute Gasteiger partial charge is 0.496 e. The zero-order chi connectivity index (χ0) is 20.2. The van der Waals surface area contributed by atoms with Gasteiger partial charge in [0, 0.05) is 11.4 Å². The van der Waals surface area contributed by atoms with Crippen LogP contribution in [-0.4, -0.2) is 24.7 Å². The second kappa shape index (κ2) is 8.41. The molecule has 1 N–H and O–H groups in total. The summed E-state index contributed by atoms with van der Waals surface area (Å²) in [6, 6.07) is 24.4. The standard InChI is InChI=1S/C23H20N2O3S/c1-28-20-10-6-5-9-19(20)22(27)24-17-13-11-16(12-14-17)23-25(21(26)15-29-23)18-7-3-2-4-8-18/h2-14,23H,15H2,1H3,(H,24,27)/t23-/m0/s1. The third-order valence-corrected chi connectivity index (χ3v) is 5.92. The number of hydrogen-bond acceptors (Lipinski definition) is 4. The average Bonchev–Trinajstić information content (AvgIpc) is 3.16. The molecule has 29 heavy (non-hydrogen) atoms. The van der Waals surface area contributed by atoms with Crippen molar-refractivity contribution in [1.82, 2.24) is 0 Å². The van der Waals surface area contributed by atoms with Gasteiger partial charge in [-0.25, -0.2) is 0 Å². The summed E-state index contributed by atoms with van der Waals surface area (Å²) in [6.07, 6.45) is 0. The van der Waals surface area contributed by atoms with Crippen molar-refractivity contribution < 1.29 is 14.3 Å². The summed E-state index contributed by atoms with van der Waals surface area (Å²) in [5.41, 5.74) is 3.07. The first-order valence-corrected chi connectivity index (χ1v) is 10.3. The third kappa shape index (κ3) is 3.98. The number of para-hydroxylation sites is 2. The van der Waals surface area contributed by atoms with Crippen LogP contribution in [0.15, 0.2) is 78.9 Å². The lowest BCUT2D eigenvalue weighted by Crippen LogP contribution is -2.27. The normalized spacial score (nSPS) is 16.0. The van der Waals surface area contributed by atoms with Gasteiger partial charge < -0.3 is 10.1 Å². The van der Waals surface area contributed by atoms with E-state index in [0.717, 1.165) is 11.3 Å². The highest BCUT2D eigenvalue weighted by Crippen LogP contribution is 2.41. The van der Waals surface area contributed by atoms with Gasteiger partial charge in [-0.3, -0.25) is 14.5 Å². The molecule has 0 saturated carbocycles. The van der Waals surface area contributed by atoms with Gasteiger partial charge in [0.1, 0.15) is 11.1 Å². The van der Waals surface area contributed by atoms with Crippen LogP contribution < -0.4 is 15.0 Å². The minimum absolute atomic E-state index is 0.0798. The Morgan fingerprint density at radius 3 is 2.41 bits per heavy atom. The maximum Gasteiger partial charge on any atom is 0.259 e. The van der Waals surface area contributed by atoms with Crippen molar-refractivity contribution in [2.45, 2.75) is 5.37 Å². The first-order chi connectivity index (χ1) is 14.2. The fourth-order valence-electron chi connectivity index (χ4n) is 3.30. The lowest BCUT2D eigenvalue weighted by Gasteiger charge is -2.24. The number of carbonyl (C=O) groups is 2. The summed E-state index contributed by atoms with van der Waals surface area (Å²) >= 11 is 1.60. The van der Waals surface area contributed by atoms with Gasteiger partial charge in [-0.05, 0) is 42.0 Å². The maximum atomic E-state index is 12.6. The van der Waals surface area contributed by atoms with Crippen molar-refractivity contribution in [2.24, 2.45) is 0 Å². The summed E-state index contributed by atoms with van der Waals surface area (Å²) < 4.78 is 5.25. The molecule has 0 spiro atoms. The number of thioether (sulfide) groups is 1. The van der Waals surface area contributed by atoms with E-state index in [4.69, 9.17) is 4.74 Å². The number of nitrogens with one attached hydrogen (secondary N) is 1. The van der Waals surface area contributed by atoms with E-state index in [1.807, 2.05) is 65.6 Å². The van der Waals surface area contributed by atoms with Gasteiger partial charge in [0.15, 0.2) is 0 Å². The highest BCUT2D eigenvalue weighted by Gasteiger charge is 2.33. The molecule has 0 bridgehead atoms. The van der Waals surface area contributed by atoms with Crippen molar-refractivity contribution in [2.75, 3.05) is 23.1 Å². The molecule has 0 radical (unpaired) electrons. The Labute approximate surface area is 173 Å². The van der Waals surface area contributed by atoms with E-state index in [9.17, 15) is 9.59 Å². The molecule has 1 heterocycles. The molecule has 2 amide bonds. The minimum Gasteiger partial charge on any atom is -0.496 e. The molecular weight excluding hydrogens is 384 g/mol. The molecule has 4 rings (SSSR count). The fraction of sp³-hybridized carbons (Fsp3) is 0.130. The number of carbonyl (C=O) groups excluding carboxylic acids is 2. The Morgan fingerprint density at radius 1 is 1.00 bits per heavy atom. The summed E-state index contributed by atoms with van der Waals surface area (Å²) in [4.78, 5) is 26.8. The van der Waals surface area contributed by atoms with Crippen molar-refractivity contribution >= 4 is 35.0 Å². The van der Waals surface area contributed by atoms with Crippen molar-refractivity contribution in [1.29, 1.82) is 0 Å². The molecule has 0 unspecified atom stereocenters. The van der Waals surface area contributed by atoms with Crippen LogP contribution in [0.5, 0.6) is 5.75 Å². The van der Waals surface area contributed by atoms with E-state index >= 15 is 0 Å². The van der Waals surface area contributed by atoms with E-state index in [0.29, 0.717) is 22.8 Å². The zero-order valence-corrected chi connectivity index (χ0v) is 16.7. The van der Waals surface area contributed by atoms with Gasteiger partial charge >= 0.3 is 0 Å². The molecule has 6 heteroatoms. The van der Waals surface area contributed by atoms with E-state index in [1.54, 1.807) is 37.1 Å². The van der Waals surface area contributed by atoms with E-state index in [2.05, 4.69) is 5.32 Å². The monoisotopic (exact) mass is 404 g/mol. The van der Waals surface area contributed by atoms with Crippen LogP contribution in [-0.2, 0) is 4.79 Å². The zero-order valence-electron chi connectivity index (χ0n) is 15.9. The molecule has 3 aromatic rings. The molecule has 1 saturated heterocycles. The van der Waals surface area contributed by atoms with Gasteiger partial charge in [-0.2, -0.15) is 0 Å². The second-order valence-electron chi connectivity index (χ2n) is 6.54. The van der Waals surface area contributed by atoms with Gasteiger partial charge in [-0.15, -0.1) is 11.8 Å². The molecule has 146 valence electrons. The van der Waals surface area contributed by atoms with Crippen molar-refractivity contribution in [3.8, 4) is 5.75 Å². The molecule has 1 aliphatic heterocycles. The van der Waals surface area contributed by atoms with Crippen LogP contribution in [0.25, 0.3) is 0 Å². The smallest absolute Gasteiger partial charge is 0.259 e. The number of anilines is 2. The quantitative estimate of drug-likeness (QED) is 0.668. The van der Waals surface area contributed by atoms with Gasteiger partial charge in [0.05, 0.1) is 18.4 Å². The van der Waals surface area contributed by atoms with E-state index in [-0.39, 0.29) is 17.2 Å². The molecule has 0 aromatic heterocycles. The number of amides is 2. The third-order valence-electron chi connectivity index (χ3n) is 4.71. The maximum absolute atomic E-state index is 12.6. The molecule has 1 atom stereocenters. The SMILES string of the molecule is COc1ccccc1C(=O)Nc1ccc([C@@H]2SCC(=O)N2c2ccccc2)cc1. The van der Waals surface area contributed by atoms with Crippen LogP contribution in [0.2, 0.25) is 0 Å². The Kier molecular flexibility index (Phi) is 5.53. The van der Waals surface area contributed by atoms with Gasteiger partial charge in [-0.1, -0.05) is 42.5 Å². The molecule has 0 aliphatic carbocycles. The summed E-state index contributed by atoms with van der Waals surface area (Å²) in [7, 11) is 1.54. The number of ether oxygens (including phenoxy) is 1. The number of benzene rings is 3. The molecule has 3 aromatic carbocycles. The lowest BCUT2D eigenvalue weighted by molar-refractivity contribution is -0.115.